The van der Waals surface area contributed by atoms with Crippen LogP contribution >= 0.6 is 0 Å². The number of halogens is 1. The van der Waals surface area contributed by atoms with E-state index in [1.54, 1.807) is 12.1 Å². The van der Waals surface area contributed by atoms with E-state index in [1.165, 1.54) is 18.3 Å². The van der Waals surface area contributed by atoms with Crippen LogP contribution in [0.4, 0.5) is 4.39 Å². The lowest BCUT2D eigenvalue weighted by atomic mass is 9.85. The molecule has 1 aromatic carbocycles. The molecular formula is C20H16FN3O2. The Hall–Kier alpha value is -3.02. The number of carbonyl (C=O) groups excluding carboxylic acids is 2. The first-order valence-corrected chi connectivity index (χ1v) is 8.67. The lowest BCUT2D eigenvalue weighted by Gasteiger charge is -2.13. The number of allylic oxidation sites excluding steroid dienone is 2. The molecule has 5 nitrogen and oxygen atoms in total. The van der Waals surface area contributed by atoms with Gasteiger partial charge < -0.3 is 4.57 Å². The lowest BCUT2D eigenvalue weighted by molar-refractivity contribution is -0.140. The summed E-state index contributed by atoms with van der Waals surface area (Å²) >= 11 is 0. The maximum Gasteiger partial charge on any atom is 0.254 e. The number of aromatic nitrogens is 1. The third-order valence-electron chi connectivity index (χ3n) is 5.64. The molecule has 3 aliphatic rings. The van der Waals surface area contributed by atoms with Crippen molar-refractivity contribution in [3.63, 3.8) is 0 Å². The molecule has 2 aliphatic carbocycles. The number of rotatable bonds is 3. The normalized spacial score (nSPS) is 29.3. The molecule has 2 aromatic rings. The van der Waals surface area contributed by atoms with E-state index in [0.29, 0.717) is 5.69 Å². The minimum absolute atomic E-state index is 0.171. The molecule has 6 heteroatoms. The van der Waals surface area contributed by atoms with Crippen molar-refractivity contribution in [2.24, 2.45) is 28.8 Å². The smallest absolute Gasteiger partial charge is 0.254 e. The topological polar surface area (TPSA) is 54.7 Å². The molecule has 0 radical (unpaired) electrons. The highest BCUT2D eigenvalue weighted by Crippen LogP contribution is 2.52. The summed E-state index contributed by atoms with van der Waals surface area (Å²) in [5.41, 5.74) is 1.48. The number of fused-ring (bicyclic) bond motifs is 5. The molecule has 26 heavy (non-hydrogen) atoms. The number of hydrogen-bond acceptors (Lipinski definition) is 3. The van der Waals surface area contributed by atoms with Gasteiger partial charge in [0.2, 0.25) is 0 Å². The van der Waals surface area contributed by atoms with E-state index in [1.807, 2.05) is 22.9 Å². The molecule has 2 amide bonds. The number of nitrogens with zero attached hydrogens (tertiary/aromatic N) is 3. The van der Waals surface area contributed by atoms with Crippen molar-refractivity contribution in [3.05, 3.63) is 66.3 Å². The zero-order valence-corrected chi connectivity index (χ0v) is 13.8. The highest BCUT2D eigenvalue weighted by Gasteiger charge is 2.59. The molecule has 1 saturated heterocycles. The SMILES string of the molecule is O=C1C2C3C=CC(C3)C2C(=O)N1N=Cc1cccn1-c1ccc(F)cc1. The molecule has 1 aliphatic heterocycles. The fraction of sp³-hybridized carbons (Fsp3) is 0.250. The van der Waals surface area contributed by atoms with E-state index in [4.69, 9.17) is 0 Å². The van der Waals surface area contributed by atoms with Crippen LogP contribution in [0.3, 0.4) is 0 Å². The average molecular weight is 349 g/mol. The van der Waals surface area contributed by atoms with Gasteiger partial charge in [-0.1, -0.05) is 12.2 Å². The van der Waals surface area contributed by atoms with E-state index in [9.17, 15) is 14.0 Å². The number of benzene rings is 1. The molecule has 2 fully saturated rings. The Labute approximate surface area is 149 Å². The molecule has 4 atom stereocenters. The molecular weight excluding hydrogens is 333 g/mol. The monoisotopic (exact) mass is 349 g/mol. The third-order valence-corrected chi connectivity index (χ3v) is 5.64. The van der Waals surface area contributed by atoms with Crippen LogP contribution in [-0.4, -0.2) is 27.6 Å². The fourth-order valence-corrected chi connectivity index (χ4v) is 4.45. The molecule has 5 rings (SSSR count). The number of hydrogen-bond donors (Lipinski definition) is 0. The van der Waals surface area contributed by atoms with Crippen LogP contribution in [0.15, 0.2) is 59.8 Å². The van der Waals surface area contributed by atoms with Gasteiger partial charge in [-0.05, 0) is 54.7 Å². The van der Waals surface area contributed by atoms with Crippen LogP contribution < -0.4 is 0 Å². The summed E-state index contributed by atoms with van der Waals surface area (Å²) in [7, 11) is 0. The first kappa shape index (κ1) is 15.3. The van der Waals surface area contributed by atoms with Crippen molar-refractivity contribution in [2.45, 2.75) is 6.42 Å². The Balaban J connectivity index is 1.42. The standard InChI is InChI=1S/C20H16FN3O2/c21-14-5-7-15(8-6-14)23-9-1-2-16(23)11-22-24-19(25)17-12-3-4-13(10-12)18(17)20(24)26/h1-9,11-13,17-18H,10H2. The van der Waals surface area contributed by atoms with E-state index in [-0.39, 0.29) is 41.3 Å². The van der Waals surface area contributed by atoms with Gasteiger partial charge in [0.15, 0.2) is 0 Å². The van der Waals surface area contributed by atoms with Gasteiger partial charge in [-0.3, -0.25) is 9.59 Å². The van der Waals surface area contributed by atoms with E-state index < -0.39 is 0 Å². The van der Waals surface area contributed by atoms with Crippen molar-refractivity contribution in [1.82, 2.24) is 9.58 Å². The minimum Gasteiger partial charge on any atom is -0.316 e. The second-order valence-electron chi connectivity index (χ2n) is 7.01. The van der Waals surface area contributed by atoms with Crippen LogP contribution in [0.25, 0.3) is 5.69 Å². The predicted molar refractivity (Wildman–Crippen MR) is 92.9 cm³/mol. The van der Waals surface area contributed by atoms with Crippen molar-refractivity contribution in [3.8, 4) is 5.69 Å². The highest BCUT2D eigenvalue weighted by molar-refractivity contribution is 6.06. The van der Waals surface area contributed by atoms with Gasteiger partial charge >= 0.3 is 0 Å². The Bertz CT molecular complexity index is 930. The van der Waals surface area contributed by atoms with Gasteiger partial charge in [0.25, 0.3) is 11.8 Å². The van der Waals surface area contributed by atoms with Gasteiger partial charge in [-0.2, -0.15) is 10.1 Å². The van der Waals surface area contributed by atoms with Gasteiger partial charge in [0.1, 0.15) is 5.82 Å². The Morgan fingerprint density at radius 1 is 1.00 bits per heavy atom. The summed E-state index contributed by atoms with van der Waals surface area (Å²) < 4.78 is 14.9. The van der Waals surface area contributed by atoms with Crippen molar-refractivity contribution in [2.75, 3.05) is 0 Å². The molecule has 1 saturated carbocycles. The largest absolute Gasteiger partial charge is 0.316 e. The Morgan fingerprint density at radius 2 is 1.65 bits per heavy atom. The van der Waals surface area contributed by atoms with Gasteiger partial charge in [0.05, 0.1) is 23.7 Å². The van der Waals surface area contributed by atoms with Gasteiger partial charge in [-0.15, -0.1) is 0 Å². The Morgan fingerprint density at radius 3 is 2.31 bits per heavy atom. The van der Waals surface area contributed by atoms with Crippen molar-refractivity contribution >= 4 is 18.0 Å². The summed E-state index contributed by atoms with van der Waals surface area (Å²) in [6.07, 6.45) is 8.35. The van der Waals surface area contributed by atoms with E-state index >= 15 is 0 Å². The molecule has 1 aromatic heterocycles. The maximum absolute atomic E-state index is 13.1. The summed E-state index contributed by atoms with van der Waals surface area (Å²) in [4.78, 5) is 25.3. The summed E-state index contributed by atoms with van der Waals surface area (Å²) in [6.45, 7) is 0. The van der Waals surface area contributed by atoms with Gasteiger partial charge in [-0.25, -0.2) is 4.39 Å². The predicted octanol–water partition coefficient (Wildman–Crippen LogP) is 2.76. The number of carbonyl (C=O) groups is 2. The molecule has 130 valence electrons. The van der Waals surface area contributed by atoms with E-state index in [2.05, 4.69) is 17.3 Å². The number of hydrazone groups is 1. The maximum atomic E-state index is 13.1. The first-order chi connectivity index (χ1) is 12.6. The van der Waals surface area contributed by atoms with Crippen LogP contribution in [-0.2, 0) is 9.59 Å². The fourth-order valence-electron chi connectivity index (χ4n) is 4.45. The van der Waals surface area contributed by atoms with Crippen LogP contribution in [0.5, 0.6) is 0 Å². The molecule has 2 bridgehead atoms. The molecule has 2 heterocycles. The van der Waals surface area contributed by atoms with E-state index in [0.717, 1.165) is 17.1 Å². The second kappa shape index (κ2) is 5.49. The zero-order valence-electron chi connectivity index (χ0n) is 13.8. The van der Waals surface area contributed by atoms with Crippen molar-refractivity contribution in [1.29, 1.82) is 0 Å². The average Bonchev–Trinajstić information content (AvgIpc) is 3.40. The third kappa shape index (κ3) is 2.11. The molecule has 4 unspecified atom stereocenters. The summed E-state index contributed by atoms with van der Waals surface area (Å²) in [6, 6.07) is 9.74. The van der Waals surface area contributed by atoms with Crippen LogP contribution in [0, 0.1) is 29.5 Å². The minimum atomic E-state index is -0.306. The number of amides is 2. The quantitative estimate of drug-likeness (QED) is 0.486. The van der Waals surface area contributed by atoms with Crippen LogP contribution in [0.1, 0.15) is 12.1 Å². The second-order valence-corrected chi connectivity index (χ2v) is 7.01. The number of imide groups is 1. The van der Waals surface area contributed by atoms with Gasteiger partial charge in [0, 0.05) is 11.9 Å². The first-order valence-electron chi connectivity index (χ1n) is 8.67. The van der Waals surface area contributed by atoms with Crippen LogP contribution in [0.2, 0.25) is 0 Å². The molecule has 0 spiro atoms. The lowest BCUT2D eigenvalue weighted by Crippen LogP contribution is -2.28. The summed E-state index contributed by atoms with van der Waals surface area (Å²) in [5, 5.41) is 5.23. The summed E-state index contributed by atoms with van der Waals surface area (Å²) in [5.74, 6) is -0.869. The highest BCUT2D eigenvalue weighted by atomic mass is 19.1. The molecule has 0 N–H and O–H groups in total. The Kier molecular flexibility index (Phi) is 3.22. The van der Waals surface area contributed by atoms with Crippen molar-refractivity contribution < 1.29 is 14.0 Å². The zero-order chi connectivity index (χ0) is 17.8.